The SMILES string of the molecule is Clc1ccc2c(c1)CCc1cn(-c3cccc4ccccc34)nc1-2. The van der Waals surface area contributed by atoms with Crippen LogP contribution in [0, 0.1) is 0 Å². The van der Waals surface area contributed by atoms with E-state index in [2.05, 4.69) is 60.8 Å². The van der Waals surface area contributed by atoms with Crippen molar-refractivity contribution in [3.63, 3.8) is 0 Å². The van der Waals surface area contributed by atoms with E-state index in [1.54, 1.807) is 0 Å². The van der Waals surface area contributed by atoms with Crippen LogP contribution < -0.4 is 0 Å². The van der Waals surface area contributed by atoms with Gasteiger partial charge < -0.3 is 0 Å². The molecule has 4 aromatic rings. The van der Waals surface area contributed by atoms with E-state index >= 15 is 0 Å². The van der Waals surface area contributed by atoms with Crippen molar-refractivity contribution in [1.82, 2.24) is 9.78 Å². The Morgan fingerprint density at radius 3 is 2.67 bits per heavy atom. The Hall–Kier alpha value is -2.58. The molecular weight excluding hydrogens is 316 g/mol. The van der Waals surface area contributed by atoms with E-state index in [4.69, 9.17) is 16.7 Å². The minimum atomic E-state index is 0.797. The number of aryl methyl sites for hydroxylation is 2. The molecule has 0 spiro atoms. The summed E-state index contributed by atoms with van der Waals surface area (Å²) in [6.45, 7) is 0. The molecule has 1 aliphatic carbocycles. The van der Waals surface area contributed by atoms with Gasteiger partial charge in [0.1, 0.15) is 0 Å². The van der Waals surface area contributed by atoms with Gasteiger partial charge in [0, 0.05) is 22.2 Å². The van der Waals surface area contributed by atoms with Gasteiger partial charge in [-0.25, -0.2) is 4.68 Å². The second kappa shape index (κ2) is 5.22. The third kappa shape index (κ3) is 2.07. The Labute approximate surface area is 145 Å². The lowest BCUT2D eigenvalue weighted by Crippen LogP contribution is -2.02. The van der Waals surface area contributed by atoms with Crippen LogP contribution in [0.1, 0.15) is 11.1 Å². The fourth-order valence-corrected chi connectivity index (χ4v) is 3.82. The minimum absolute atomic E-state index is 0.797. The number of aromatic nitrogens is 2. The van der Waals surface area contributed by atoms with Gasteiger partial charge in [0.2, 0.25) is 0 Å². The first-order valence-corrected chi connectivity index (χ1v) is 8.53. The van der Waals surface area contributed by atoms with E-state index in [1.807, 2.05) is 10.7 Å². The normalized spacial score (nSPS) is 12.9. The van der Waals surface area contributed by atoms with Crippen LogP contribution in [0.15, 0.2) is 66.9 Å². The van der Waals surface area contributed by atoms with E-state index < -0.39 is 0 Å². The van der Waals surface area contributed by atoms with Crippen LogP contribution in [0.3, 0.4) is 0 Å². The molecule has 0 atom stereocenters. The monoisotopic (exact) mass is 330 g/mol. The predicted octanol–water partition coefficient (Wildman–Crippen LogP) is 5.44. The summed E-state index contributed by atoms with van der Waals surface area (Å²) in [6, 6.07) is 20.9. The largest absolute Gasteiger partial charge is 0.239 e. The van der Waals surface area contributed by atoms with Gasteiger partial charge in [-0.15, -0.1) is 0 Å². The quantitative estimate of drug-likeness (QED) is 0.454. The van der Waals surface area contributed by atoms with Crippen molar-refractivity contribution in [3.05, 3.63) is 83.0 Å². The van der Waals surface area contributed by atoms with Gasteiger partial charge in [0.05, 0.1) is 11.4 Å². The zero-order valence-corrected chi connectivity index (χ0v) is 13.8. The number of hydrogen-bond donors (Lipinski definition) is 0. The molecule has 0 saturated carbocycles. The van der Waals surface area contributed by atoms with E-state index in [9.17, 15) is 0 Å². The average molecular weight is 331 g/mol. The molecular formula is C21H15ClN2. The molecule has 0 unspecified atom stereocenters. The lowest BCUT2D eigenvalue weighted by molar-refractivity contribution is 0.891. The molecule has 0 aliphatic heterocycles. The van der Waals surface area contributed by atoms with Crippen molar-refractivity contribution in [2.45, 2.75) is 12.8 Å². The molecule has 0 bridgehead atoms. The predicted molar refractivity (Wildman–Crippen MR) is 98.9 cm³/mol. The summed E-state index contributed by atoms with van der Waals surface area (Å²) in [5.74, 6) is 0. The molecule has 24 heavy (non-hydrogen) atoms. The molecule has 3 aromatic carbocycles. The molecule has 2 nitrogen and oxygen atoms in total. The minimum Gasteiger partial charge on any atom is -0.239 e. The maximum atomic E-state index is 6.14. The number of benzene rings is 3. The fourth-order valence-electron chi connectivity index (χ4n) is 3.62. The van der Waals surface area contributed by atoms with Crippen molar-refractivity contribution in [1.29, 1.82) is 0 Å². The van der Waals surface area contributed by atoms with Gasteiger partial charge in [-0.1, -0.05) is 54.1 Å². The standard InChI is InChI=1S/C21H15ClN2/c22-17-10-11-19-15(12-17)8-9-16-13-24(23-21(16)19)20-7-3-5-14-4-1-2-6-18(14)20/h1-7,10-13H,8-9H2. The van der Waals surface area contributed by atoms with Crippen LogP contribution in [0.5, 0.6) is 0 Å². The fraction of sp³-hybridized carbons (Fsp3) is 0.0952. The molecule has 3 heteroatoms. The van der Waals surface area contributed by atoms with Gasteiger partial charge in [-0.2, -0.15) is 5.10 Å². The first-order chi connectivity index (χ1) is 11.8. The second-order valence-electron chi connectivity index (χ2n) is 6.25. The summed E-state index contributed by atoms with van der Waals surface area (Å²) in [5.41, 5.74) is 6.01. The highest BCUT2D eigenvalue weighted by Crippen LogP contribution is 2.35. The van der Waals surface area contributed by atoms with Gasteiger partial charge in [-0.3, -0.25) is 0 Å². The van der Waals surface area contributed by atoms with Gasteiger partial charge in [0.25, 0.3) is 0 Å². The maximum Gasteiger partial charge on any atom is 0.0962 e. The van der Waals surface area contributed by atoms with Crippen molar-refractivity contribution in [3.8, 4) is 16.9 Å². The number of rotatable bonds is 1. The molecule has 0 N–H and O–H groups in total. The van der Waals surface area contributed by atoms with Gasteiger partial charge >= 0.3 is 0 Å². The first kappa shape index (κ1) is 13.8. The summed E-state index contributed by atoms with van der Waals surface area (Å²) in [7, 11) is 0. The van der Waals surface area contributed by atoms with Crippen LogP contribution in [0.4, 0.5) is 0 Å². The number of halogens is 1. The topological polar surface area (TPSA) is 17.8 Å². The van der Waals surface area contributed by atoms with Crippen molar-refractivity contribution in [2.24, 2.45) is 0 Å². The molecule has 0 fully saturated rings. The molecule has 0 radical (unpaired) electrons. The molecule has 0 saturated heterocycles. The molecule has 1 heterocycles. The van der Waals surface area contributed by atoms with Gasteiger partial charge in [-0.05, 0) is 47.6 Å². The molecule has 1 aromatic heterocycles. The zero-order valence-electron chi connectivity index (χ0n) is 13.0. The second-order valence-corrected chi connectivity index (χ2v) is 6.68. The van der Waals surface area contributed by atoms with Crippen molar-refractivity contribution < 1.29 is 0 Å². The Morgan fingerprint density at radius 1 is 0.875 bits per heavy atom. The Morgan fingerprint density at radius 2 is 1.71 bits per heavy atom. The highest BCUT2D eigenvalue weighted by atomic mass is 35.5. The molecule has 5 rings (SSSR count). The van der Waals surface area contributed by atoms with Crippen LogP contribution in [0.2, 0.25) is 5.02 Å². The summed E-state index contributed by atoms with van der Waals surface area (Å²) in [4.78, 5) is 0. The van der Waals surface area contributed by atoms with Gasteiger partial charge in [0.15, 0.2) is 0 Å². The van der Waals surface area contributed by atoms with Crippen molar-refractivity contribution in [2.75, 3.05) is 0 Å². The Kier molecular flexibility index (Phi) is 3.00. The third-order valence-electron chi connectivity index (χ3n) is 4.79. The number of nitrogens with zero attached hydrogens (tertiary/aromatic N) is 2. The van der Waals surface area contributed by atoms with Crippen LogP contribution in [-0.2, 0) is 12.8 Å². The maximum absolute atomic E-state index is 6.14. The summed E-state index contributed by atoms with van der Waals surface area (Å²) in [6.07, 6.45) is 4.20. The van der Waals surface area contributed by atoms with Crippen LogP contribution in [0.25, 0.3) is 27.7 Å². The van der Waals surface area contributed by atoms with E-state index in [-0.39, 0.29) is 0 Å². The summed E-state index contributed by atoms with van der Waals surface area (Å²) >= 11 is 6.14. The van der Waals surface area contributed by atoms with Crippen LogP contribution in [-0.4, -0.2) is 9.78 Å². The molecule has 0 amide bonds. The Bertz CT molecular complexity index is 1070. The number of hydrogen-bond acceptors (Lipinski definition) is 1. The molecule has 1 aliphatic rings. The zero-order chi connectivity index (χ0) is 16.1. The van der Waals surface area contributed by atoms with E-state index in [1.165, 1.54) is 27.5 Å². The summed E-state index contributed by atoms with van der Waals surface area (Å²) < 4.78 is 2.02. The highest BCUT2D eigenvalue weighted by molar-refractivity contribution is 6.30. The highest BCUT2D eigenvalue weighted by Gasteiger charge is 2.20. The van der Waals surface area contributed by atoms with Crippen molar-refractivity contribution >= 4 is 22.4 Å². The average Bonchev–Trinajstić information content (AvgIpc) is 3.05. The third-order valence-corrected chi connectivity index (χ3v) is 5.02. The summed E-state index contributed by atoms with van der Waals surface area (Å²) in [5, 5.41) is 8.16. The first-order valence-electron chi connectivity index (χ1n) is 8.15. The van der Waals surface area contributed by atoms with E-state index in [0.717, 1.165) is 29.2 Å². The van der Waals surface area contributed by atoms with Crippen LogP contribution >= 0.6 is 11.6 Å². The lowest BCUT2D eigenvalue weighted by atomic mass is 9.91. The smallest absolute Gasteiger partial charge is 0.0962 e. The molecule has 116 valence electrons. The number of fused-ring (bicyclic) bond motifs is 4. The van der Waals surface area contributed by atoms with E-state index in [0.29, 0.717) is 0 Å². The Balaban J connectivity index is 1.71. The lowest BCUT2D eigenvalue weighted by Gasteiger charge is -2.14.